The second kappa shape index (κ2) is 5.62. The predicted molar refractivity (Wildman–Crippen MR) is 52.7 cm³/mol. The van der Waals surface area contributed by atoms with Gasteiger partial charge in [0.15, 0.2) is 0 Å². The Labute approximate surface area is 72.4 Å². The molecule has 0 aromatic carbocycles. The molecule has 0 heteroatoms. The molecule has 3 atom stereocenters. The molecule has 0 heterocycles. The van der Waals surface area contributed by atoms with Crippen LogP contribution in [-0.4, -0.2) is 0 Å². The van der Waals surface area contributed by atoms with Gasteiger partial charge >= 0.3 is 0 Å². The molecular formula is C11H24. The molecule has 0 spiro atoms. The lowest BCUT2D eigenvalue weighted by Gasteiger charge is -2.31. The maximum absolute atomic E-state index is 2.40. The van der Waals surface area contributed by atoms with Crippen LogP contribution in [0, 0.1) is 17.8 Å². The summed E-state index contributed by atoms with van der Waals surface area (Å²) in [5.41, 5.74) is 0. The van der Waals surface area contributed by atoms with E-state index in [2.05, 4.69) is 20.8 Å². The van der Waals surface area contributed by atoms with Crippen LogP contribution in [0.15, 0.2) is 0 Å². The smallest absolute Gasteiger partial charge is 0.0391 e. The molecule has 0 amide bonds. The topological polar surface area (TPSA) is 0 Å². The molecule has 1 aliphatic rings. The van der Waals surface area contributed by atoms with E-state index in [4.69, 9.17) is 0 Å². The second-order valence-electron chi connectivity index (χ2n) is 3.74. The summed E-state index contributed by atoms with van der Waals surface area (Å²) >= 11 is 0. The summed E-state index contributed by atoms with van der Waals surface area (Å²) in [5.74, 6) is 2.93. The van der Waals surface area contributed by atoms with Crippen LogP contribution < -0.4 is 0 Å². The van der Waals surface area contributed by atoms with E-state index in [0.29, 0.717) is 0 Å². The summed E-state index contributed by atoms with van der Waals surface area (Å²) < 4.78 is 0. The van der Waals surface area contributed by atoms with Gasteiger partial charge in [0.05, 0.1) is 0 Å². The fraction of sp³-hybridized carbons (Fsp3) is 1.00. The zero-order chi connectivity index (χ0) is 8.85. The molecule has 0 aromatic heterocycles. The van der Waals surface area contributed by atoms with Gasteiger partial charge in [-0.25, -0.2) is 0 Å². The SMILES string of the molecule is CC.CC1[C@H](C)CCC[C@@H]1C. The Morgan fingerprint density at radius 3 is 1.45 bits per heavy atom. The van der Waals surface area contributed by atoms with E-state index in [9.17, 15) is 0 Å². The van der Waals surface area contributed by atoms with Crippen LogP contribution in [-0.2, 0) is 0 Å². The zero-order valence-corrected chi connectivity index (χ0v) is 8.85. The van der Waals surface area contributed by atoms with Crippen LogP contribution in [0.2, 0.25) is 0 Å². The van der Waals surface area contributed by atoms with Crippen molar-refractivity contribution in [2.24, 2.45) is 17.8 Å². The highest BCUT2D eigenvalue weighted by Crippen LogP contribution is 2.33. The van der Waals surface area contributed by atoms with E-state index in [-0.39, 0.29) is 0 Å². The molecule has 0 bridgehead atoms. The number of hydrogen-bond acceptors (Lipinski definition) is 0. The molecule has 0 saturated heterocycles. The third kappa shape index (κ3) is 3.27. The Morgan fingerprint density at radius 1 is 0.818 bits per heavy atom. The van der Waals surface area contributed by atoms with Crippen molar-refractivity contribution < 1.29 is 0 Å². The average molecular weight is 156 g/mol. The molecule has 0 aliphatic heterocycles. The lowest BCUT2D eigenvalue weighted by molar-refractivity contribution is 0.197. The first-order valence-corrected chi connectivity index (χ1v) is 5.22. The first-order chi connectivity index (χ1) is 5.22. The van der Waals surface area contributed by atoms with Crippen molar-refractivity contribution in [3.8, 4) is 0 Å². The molecular weight excluding hydrogens is 132 g/mol. The third-order valence-electron chi connectivity index (χ3n) is 3.11. The summed E-state index contributed by atoms with van der Waals surface area (Å²) in [6.07, 6.45) is 4.39. The van der Waals surface area contributed by atoms with Crippen molar-refractivity contribution in [1.82, 2.24) is 0 Å². The Hall–Kier alpha value is 0. The molecule has 0 radical (unpaired) electrons. The highest BCUT2D eigenvalue weighted by atomic mass is 14.3. The zero-order valence-electron chi connectivity index (χ0n) is 8.85. The van der Waals surface area contributed by atoms with E-state index in [0.717, 1.165) is 17.8 Å². The summed E-state index contributed by atoms with van der Waals surface area (Å²) in [6.45, 7) is 11.2. The highest BCUT2D eigenvalue weighted by Gasteiger charge is 2.22. The summed E-state index contributed by atoms with van der Waals surface area (Å²) in [5, 5.41) is 0. The van der Waals surface area contributed by atoms with Crippen LogP contribution in [0.5, 0.6) is 0 Å². The van der Waals surface area contributed by atoms with Gasteiger partial charge in [-0.05, 0) is 17.8 Å². The Balaban J connectivity index is 0.000000461. The minimum absolute atomic E-state index is 0.971. The molecule has 1 unspecified atom stereocenters. The van der Waals surface area contributed by atoms with Crippen molar-refractivity contribution >= 4 is 0 Å². The molecule has 0 nitrogen and oxygen atoms in total. The van der Waals surface area contributed by atoms with Crippen molar-refractivity contribution in [3.63, 3.8) is 0 Å². The van der Waals surface area contributed by atoms with Gasteiger partial charge in [-0.2, -0.15) is 0 Å². The molecule has 1 fully saturated rings. The van der Waals surface area contributed by atoms with E-state index >= 15 is 0 Å². The average Bonchev–Trinajstić information content (AvgIpc) is 2.04. The minimum atomic E-state index is 0.971. The van der Waals surface area contributed by atoms with Crippen LogP contribution in [0.1, 0.15) is 53.9 Å². The van der Waals surface area contributed by atoms with Gasteiger partial charge in [0.25, 0.3) is 0 Å². The van der Waals surface area contributed by atoms with Crippen LogP contribution in [0.3, 0.4) is 0 Å². The highest BCUT2D eigenvalue weighted by molar-refractivity contribution is 4.73. The predicted octanol–water partition coefficient (Wildman–Crippen LogP) is 4.10. The first-order valence-electron chi connectivity index (χ1n) is 5.22. The molecule has 11 heavy (non-hydrogen) atoms. The van der Waals surface area contributed by atoms with Gasteiger partial charge < -0.3 is 0 Å². The van der Waals surface area contributed by atoms with Gasteiger partial charge in [0.1, 0.15) is 0 Å². The quantitative estimate of drug-likeness (QED) is 0.495. The van der Waals surface area contributed by atoms with E-state index in [1.54, 1.807) is 0 Å². The van der Waals surface area contributed by atoms with Crippen molar-refractivity contribution in [2.75, 3.05) is 0 Å². The third-order valence-corrected chi connectivity index (χ3v) is 3.11. The molecule has 68 valence electrons. The lowest BCUT2D eigenvalue weighted by Crippen LogP contribution is -2.21. The minimum Gasteiger partial charge on any atom is -0.0683 e. The molecule has 1 saturated carbocycles. The second-order valence-corrected chi connectivity index (χ2v) is 3.74. The van der Waals surface area contributed by atoms with E-state index in [1.165, 1.54) is 19.3 Å². The van der Waals surface area contributed by atoms with Gasteiger partial charge in [0.2, 0.25) is 0 Å². The van der Waals surface area contributed by atoms with Crippen molar-refractivity contribution in [1.29, 1.82) is 0 Å². The van der Waals surface area contributed by atoms with Crippen LogP contribution in [0.4, 0.5) is 0 Å². The summed E-state index contributed by atoms with van der Waals surface area (Å²) in [7, 11) is 0. The molecule has 1 aliphatic carbocycles. The van der Waals surface area contributed by atoms with Crippen LogP contribution in [0.25, 0.3) is 0 Å². The molecule has 0 N–H and O–H groups in total. The Bertz CT molecular complexity index is 76.0. The Morgan fingerprint density at radius 2 is 1.18 bits per heavy atom. The lowest BCUT2D eigenvalue weighted by atomic mass is 9.75. The largest absolute Gasteiger partial charge is 0.0683 e. The Kier molecular flexibility index (Phi) is 5.62. The van der Waals surface area contributed by atoms with Gasteiger partial charge in [-0.1, -0.05) is 53.9 Å². The number of hydrogen-bond donors (Lipinski definition) is 0. The fourth-order valence-corrected chi connectivity index (χ4v) is 1.85. The van der Waals surface area contributed by atoms with Gasteiger partial charge in [-0.15, -0.1) is 0 Å². The normalized spacial score (nSPS) is 37.4. The summed E-state index contributed by atoms with van der Waals surface area (Å²) in [4.78, 5) is 0. The van der Waals surface area contributed by atoms with E-state index < -0.39 is 0 Å². The monoisotopic (exact) mass is 156 g/mol. The molecule has 0 aromatic rings. The maximum atomic E-state index is 2.40. The first kappa shape index (κ1) is 11.0. The molecule has 1 rings (SSSR count). The van der Waals surface area contributed by atoms with E-state index in [1.807, 2.05) is 13.8 Å². The van der Waals surface area contributed by atoms with Gasteiger partial charge in [0, 0.05) is 0 Å². The van der Waals surface area contributed by atoms with Crippen molar-refractivity contribution in [3.05, 3.63) is 0 Å². The maximum Gasteiger partial charge on any atom is -0.0391 e. The summed E-state index contributed by atoms with van der Waals surface area (Å²) in [6, 6.07) is 0. The standard InChI is InChI=1S/C9H18.C2H6/c1-7-5-4-6-8(2)9(7)3;1-2/h7-9H,4-6H2,1-3H3;1-2H3/t7-,8+,9?;. The van der Waals surface area contributed by atoms with Gasteiger partial charge in [-0.3, -0.25) is 0 Å². The fourth-order valence-electron chi connectivity index (χ4n) is 1.85. The number of rotatable bonds is 0. The van der Waals surface area contributed by atoms with Crippen molar-refractivity contribution in [2.45, 2.75) is 53.9 Å². The van der Waals surface area contributed by atoms with Crippen LogP contribution >= 0.6 is 0 Å².